The number of ether oxygens (including phenoxy) is 1. The maximum Gasteiger partial charge on any atom is 0.333 e. The summed E-state index contributed by atoms with van der Waals surface area (Å²) in [6.07, 6.45) is 5.54. The van der Waals surface area contributed by atoms with E-state index in [2.05, 4.69) is 11.6 Å². The summed E-state index contributed by atoms with van der Waals surface area (Å²) in [5, 5.41) is 0. The van der Waals surface area contributed by atoms with E-state index in [1.807, 2.05) is 41.1 Å². The van der Waals surface area contributed by atoms with Crippen LogP contribution in [-0.2, 0) is 16.1 Å². The van der Waals surface area contributed by atoms with Gasteiger partial charge in [0.15, 0.2) is 4.77 Å². The molecule has 0 aliphatic rings. The van der Waals surface area contributed by atoms with Gasteiger partial charge in [-0.3, -0.25) is 9.78 Å². The third-order valence-corrected chi connectivity index (χ3v) is 4.31. The zero-order valence-corrected chi connectivity index (χ0v) is 15.8. The molecule has 0 unspecified atom stereocenters. The zero-order valence-electron chi connectivity index (χ0n) is 15.0. The number of hydrogen-bond donors (Lipinski definition) is 1. The standard InChI is InChI=1S/C20H24N2O3S/c1-15(2)19(24)25-13-9-4-3-8-12-22-14-17(18(23)21-20(22)26)16-10-6-5-7-11-16/h5-7,10-11,14H,1,3-4,8-9,12-13H2,2H3,(H,21,23,26). The molecule has 2 aromatic rings. The number of aromatic amines is 1. The van der Waals surface area contributed by atoms with E-state index in [4.69, 9.17) is 17.0 Å². The van der Waals surface area contributed by atoms with E-state index in [-0.39, 0.29) is 11.5 Å². The van der Waals surface area contributed by atoms with Gasteiger partial charge < -0.3 is 9.30 Å². The fourth-order valence-corrected chi connectivity index (χ4v) is 2.76. The highest BCUT2D eigenvalue weighted by atomic mass is 32.1. The Morgan fingerprint density at radius 3 is 2.58 bits per heavy atom. The van der Waals surface area contributed by atoms with Crippen molar-refractivity contribution in [2.45, 2.75) is 39.2 Å². The second-order valence-electron chi connectivity index (χ2n) is 6.19. The summed E-state index contributed by atoms with van der Waals surface area (Å²) in [5.74, 6) is -0.335. The van der Waals surface area contributed by atoms with Crippen LogP contribution in [0.25, 0.3) is 11.1 Å². The second-order valence-corrected chi connectivity index (χ2v) is 6.58. The molecular formula is C20H24N2O3S. The van der Waals surface area contributed by atoms with E-state index in [9.17, 15) is 9.59 Å². The summed E-state index contributed by atoms with van der Waals surface area (Å²) >= 11 is 5.26. The Morgan fingerprint density at radius 2 is 1.88 bits per heavy atom. The van der Waals surface area contributed by atoms with Crippen LogP contribution in [0.1, 0.15) is 32.6 Å². The lowest BCUT2D eigenvalue weighted by Gasteiger charge is -2.09. The molecule has 2 rings (SSSR count). The van der Waals surface area contributed by atoms with Gasteiger partial charge in [0.1, 0.15) is 0 Å². The molecule has 138 valence electrons. The van der Waals surface area contributed by atoms with Gasteiger partial charge in [-0.1, -0.05) is 43.3 Å². The van der Waals surface area contributed by atoms with E-state index >= 15 is 0 Å². The van der Waals surface area contributed by atoms with Crippen molar-refractivity contribution in [2.75, 3.05) is 6.61 Å². The van der Waals surface area contributed by atoms with Crippen molar-refractivity contribution in [3.8, 4) is 11.1 Å². The molecule has 0 bridgehead atoms. The molecule has 0 fully saturated rings. The molecule has 0 aliphatic carbocycles. The van der Waals surface area contributed by atoms with Crippen LogP contribution >= 0.6 is 12.2 Å². The number of carbonyl (C=O) groups is 1. The number of hydrogen-bond acceptors (Lipinski definition) is 4. The molecular weight excluding hydrogens is 348 g/mol. The first-order valence-corrected chi connectivity index (χ1v) is 9.11. The van der Waals surface area contributed by atoms with Gasteiger partial charge in [-0.15, -0.1) is 0 Å². The van der Waals surface area contributed by atoms with E-state index in [1.54, 1.807) is 6.92 Å². The Bertz CT molecular complexity index is 869. The predicted octanol–water partition coefficient (Wildman–Crippen LogP) is 4.25. The number of nitrogens with zero attached hydrogens (tertiary/aromatic N) is 1. The Labute approximate surface area is 158 Å². The van der Waals surface area contributed by atoms with Crippen molar-refractivity contribution in [3.05, 3.63) is 63.8 Å². The maximum atomic E-state index is 12.2. The van der Waals surface area contributed by atoms with Gasteiger partial charge in [-0.25, -0.2) is 4.79 Å². The summed E-state index contributed by atoms with van der Waals surface area (Å²) in [6, 6.07) is 9.54. The van der Waals surface area contributed by atoms with Crippen LogP contribution in [-0.4, -0.2) is 22.1 Å². The second kappa shape index (κ2) is 9.87. The molecule has 0 amide bonds. The van der Waals surface area contributed by atoms with Crippen molar-refractivity contribution < 1.29 is 9.53 Å². The number of unbranched alkanes of at least 4 members (excludes halogenated alkanes) is 3. The zero-order chi connectivity index (χ0) is 18.9. The van der Waals surface area contributed by atoms with Gasteiger partial charge in [-0.2, -0.15) is 0 Å². The molecule has 0 saturated heterocycles. The van der Waals surface area contributed by atoms with E-state index < -0.39 is 0 Å². The average Bonchev–Trinajstić information content (AvgIpc) is 2.62. The lowest BCUT2D eigenvalue weighted by Crippen LogP contribution is -2.15. The number of rotatable bonds is 9. The quantitative estimate of drug-likeness (QED) is 0.309. The van der Waals surface area contributed by atoms with Crippen LogP contribution in [0.15, 0.2) is 53.5 Å². The minimum Gasteiger partial charge on any atom is -0.462 e. The highest BCUT2D eigenvalue weighted by Crippen LogP contribution is 2.14. The Balaban J connectivity index is 1.85. The van der Waals surface area contributed by atoms with Gasteiger partial charge in [0, 0.05) is 18.3 Å². The predicted molar refractivity (Wildman–Crippen MR) is 106 cm³/mol. The third kappa shape index (κ3) is 5.81. The first-order valence-electron chi connectivity index (χ1n) is 8.71. The van der Waals surface area contributed by atoms with Crippen LogP contribution in [0.4, 0.5) is 0 Å². The Kier molecular flexibility index (Phi) is 7.53. The number of carbonyl (C=O) groups excluding carboxylic acids is 1. The number of esters is 1. The fourth-order valence-electron chi connectivity index (χ4n) is 2.52. The molecule has 26 heavy (non-hydrogen) atoms. The molecule has 5 nitrogen and oxygen atoms in total. The first-order chi connectivity index (χ1) is 12.5. The topological polar surface area (TPSA) is 64.1 Å². The summed E-state index contributed by atoms with van der Waals surface area (Å²) in [6.45, 7) is 6.34. The molecule has 1 heterocycles. The monoisotopic (exact) mass is 372 g/mol. The largest absolute Gasteiger partial charge is 0.462 e. The first kappa shape index (κ1) is 19.8. The van der Waals surface area contributed by atoms with E-state index in [0.717, 1.165) is 37.8 Å². The van der Waals surface area contributed by atoms with Crippen LogP contribution in [0, 0.1) is 4.77 Å². The van der Waals surface area contributed by atoms with Crippen molar-refractivity contribution in [2.24, 2.45) is 0 Å². The van der Waals surface area contributed by atoms with Crippen molar-refractivity contribution in [1.29, 1.82) is 0 Å². The minimum absolute atomic E-state index is 0.170. The molecule has 1 N–H and O–H groups in total. The normalized spacial score (nSPS) is 10.5. The minimum atomic E-state index is -0.335. The van der Waals surface area contributed by atoms with Crippen molar-refractivity contribution in [3.63, 3.8) is 0 Å². The van der Waals surface area contributed by atoms with Crippen LogP contribution in [0.2, 0.25) is 0 Å². The van der Waals surface area contributed by atoms with Crippen LogP contribution in [0.3, 0.4) is 0 Å². The highest BCUT2D eigenvalue weighted by Gasteiger charge is 2.06. The molecule has 0 spiro atoms. The molecule has 0 radical (unpaired) electrons. The fraction of sp³-hybridized carbons (Fsp3) is 0.350. The van der Waals surface area contributed by atoms with Gasteiger partial charge in [0.25, 0.3) is 5.56 Å². The van der Waals surface area contributed by atoms with Crippen LogP contribution < -0.4 is 5.56 Å². The smallest absolute Gasteiger partial charge is 0.333 e. The molecule has 1 aromatic heterocycles. The van der Waals surface area contributed by atoms with Gasteiger partial charge >= 0.3 is 5.97 Å². The highest BCUT2D eigenvalue weighted by molar-refractivity contribution is 7.71. The van der Waals surface area contributed by atoms with Crippen LogP contribution in [0.5, 0.6) is 0 Å². The Hall–Kier alpha value is -2.47. The number of aromatic nitrogens is 2. The SMILES string of the molecule is C=C(C)C(=O)OCCCCCCn1cc(-c2ccccc2)c(=O)[nH]c1=S. The maximum absolute atomic E-state index is 12.2. The number of benzene rings is 1. The summed E-state index contributed by atoms with van der Waals surface area (Å²) in [4.78, 5) is 26.2. The number of nitrogens with one attached hydrogen (secondary N) is 1. The molecule has 0 atom stereocenters. The van der Waals surface area contributed by atoms with E-state index in [0.29, 0.717) is 22.5 Å². The Morgan fingerprint density at radius 1 is 1.19 bits per heavy atom. The van der Waals surface area contributed by atoms with Crippen molar-refractivity contribution >= 4 is 18.2 Å². The summed E-state index contributed by atoms with van der Waals surface area (Å²) in [7, 11) is 0. The summed E-state index contributed by atoms with van der Waals surface area (Å²) in [5.41, 5.74) is 1.74. The third-order valence-electron chi connectivity index (χ3n) is 3.97. The van der Waals surface area contributed by atoms with E-state index in [1.165, 1.54) is 0 Å². The lowest BCUT2D eigenvalue weighted by atomic mass is 10.1. The molecule has 6 heteroatoms. The van der Waals surface area contributed by atoms with Crippen molar-refractivity contribution in [1.82, 2.24) is 9.55 Å². The number of aryl methyl sites for hydroxylation is 1. The van der Waals surface area contributed by atoms with Gasteiger partial charge in [-0.05, 0) is 44.0 Å². The van der Waals surface area contributed by atoms with Gasteiger partial charge in [0.2, 0.25) is 0 Å². The molecule has 1 aromatic carbocycles. The number of H-pyrrole nitrogens is 1. The van der Waals surface area contributed by atoms with Gasteiger partial charge in [0.05, 0.1) is 12.2 Å². The summed E-state index contributed by atoms with van der Waals surface area (Å²) < 4.78 is 7.40. The molecule has 0 aliphatic heterocycles. The lowest BCUT2D eigenvalue weighted by molar-refractivity contribution is -0.139. The average molecular weight is 372 g/mol. The molecule has 0 saturated carbocycles.